The number of carbonyl (C=O) groups is 4. The molecule has 15 nitrogen and oxygen atoms in total. The first-order chi connectivity index (χ1) is 28.7. The highest BCUT2D eigenvalue weighted by atomic mass is 16.6. The number of nitrogens with zero attached hydrogens (tertiary/aromatic N) is 6. The molecule has 1 saturated carbocycles. The van der Waals surface area contributed by atoms with Gasteiger partial charge in [0.15, 0.2) is 0 Å². The zero-order valence-electron chi connectivity index (χ0n) is 36.0. The number of nitrogens with one attached hydrogen (secondary N) is 3. The van der Waals surface area contributed by atoms with E-state index >= 15 is 0 Å². The molecule has 60 heavy (non-hydrogen) atoms. The Bertz CT molecular complexity index is 2300. The number of anilines is 1. The standard InChI is InChI=1S/C45H61N9O6/c1-30(2)47-43(58)60-33-22-21-32(28-33)34-29-38(54(50-34)45(3,4)5)48-41(56)36-25-26-46-52(36)27-16-14-12-10-8-7-9-11-13-15-18-31-19-17-20-35-40(31)51(6)44(59)53(35)37-23-24-39(55)49-42(37)57/h17,19-20,25-26,29-30,32-33,37H,7-14,16,21-24,27-28H2,1-6H3,(H,47,58)(H,48,56)(H,49,55,57)/t32-,33+,37?/m0/s1. The smallest absolute Gasteiger partial charge is 0.407 e. The summed E-state index contributed by atoms with van der Waals surface area (Å²) in [6.45, 7) is 10.6. The van der Waals surface area contributed by atoms with Gasteiger partial charge in [0, 0.05) is 50.7 Å². The minimum atomic E-state index is -0.720. The van der Waals surface area contributed by atoms with Crippen molar-refractivity contribution < 1.29 is 23.9 Å². The maximum atomic E-state index is 13.6. The summed E-state index contributed by atoms with van der Waals surface area (Å²) in [5, 5.41) is 17.6. The van der Waals surface area contributed by atoms with E-state index in [-0.39, 0.29) is 53.6 Å². The number of ether oxygens (including phenoxy) is 1. The lowest BCUT2D eigenvalue weighted by atomic mass is 10.0. The van der Waals surface area contributed by atoms with Crippen LogP contribution in [0.4, 0.5) is 10.6 Å². The molecule has 4 amide bonds. The van der Waals surface area contributed by atoms with Gasteiger partial charge in [0.05, 0.1) is 27.8 Å². The second-order valence-corrected chi connectivity index (χ2v) is 17.5. The number of benzene rings is 1. The fourth-order valence-electron chi connectivity index (χ4n) is 8.28. The number of fused-ring (bicyclic) bond motifs is 1. The molecule has 3 atom stereocenters. The quantitative estimate of drug-likeness (QED) is 0.0612. The first-order valence-electron chi connectivity index (χ1n) is 21.6. The Morgan fingerprint density at radius 3 is 2.43 bits per heavy atom. The molecule has 0 bridgehead atoms. The van der Waals surface area contributed by atoms with Gasteiger partial charge >= 0.3 is 11.8 Å². The lowest BCUT2D eigenvalue weighted by molar-refractivity contribution is -0.135. The molecule has 1 aliphatic carbocycles. The monoisotopic (exact) mass is 823 g/mol. The van der Waals surface area contributed by atoms with Crippen LogP contribution in [0.2, 0.25) is 0 Å². The summed E-state index contributed by atoms with van der Waals surface area (Å²) < 4.78 is 12.3. The van der Waals surface area contributed by atoms with Crippen LogP contribution in [0.5, 0.6) is 0 Å². The predicted molar refractivity (Wildman–Crippen MR) is 230 cm³/mol. The number of aromatic nitrogens is 6. The molecule has 15 heteroatoms. The highest BCUT2D eigenvalue weighted by Gasteiger charge is 2.33. The van der Waals surface area contributed by atoms with E-state index in [0.29, 0.717) is 41.9 Å². The third-order valence-corrected chi connectivity index (χ3v) is 11.3. The molecular weight excluding hydrogens is 763 g/mol. The molecule has 1 saturated heterocycles. The van der Waals surface area contributed by atoms with Crippen molar-refractivity contribution in [2.24, 2.45) is 7.05 Å². The van der Waals surface area contributed by atoms with Crippen LogP contribution in [0.3, 0.4) is 0 Å². The van der Waals surface area contributed by atoms with E-state index in [2.05, 4.69) is 53.7 Å². The Balaban J connectivity index is 0.902. The molecule has 0 spiro atoms. The van der Waals surface area contributed by atoms with Gasteiger partial charge in [-0.1, -0.05) is 56.4 Å². The number of unbranched alkanes of at least 4 members (excludes halogenated alkanes) is 8. The molecule has 0 radical (unpaired) electrons. The SMILES string of the molecule is CC(C)NC(=O)O[C@@H]1CC[C@H](c2cc(NC(=O)c3ccnn3CCCCCCCCCCC#Cc3cccc4c3n(C)c(=O)n4C3CCC(=O)NC3=O)n(C(C)(C)C)n2)C1. The maximum Gasteiger partial charge on any atom is 0.407 e. The summed E-state index contributed by atoms with van der Waals surface area (Å²) in [4.78, 5) is 63.1. The molecule has 1 aromatic carbocycles. The van der Waals surface area contributed by atoms with Gasteiger partial charge in [-0.3, -0.25) is 33.5 Å². The lowest BCUT2D eigenvalue weighted by Crippen LogP contribution is -2.44. The van der Waals surface area contributed by atoms with E-state index in [0.717, 1.165) is 81.9 Å². The Labute approximate surface area is 352 Å². The van der Waals surface area contributed by atoms with Crippen LogP contribution >= 0.6 is 0 Å². The van der Waals surface area contributed by atoms with Gasteiger partial charge in [-0.2, -0.15) is 10.2 Å². The van der Waals surface area contributed by atoms with Crippen LogP contribution in [0.25, 0.3) is 11.0 Å². The highest BCUT2D eigenvalue weighted by Crippen LogP contribution is 2.37. The van der Waals surface area contributed by atoms with Crippen LogP contribution in [-0.4, -0.2) is 64.7 Å². The van der Waals surface area contributed by atoms with E-state index in [9.17, 15) is 24.0 Å². The molecule has 4 aromatic rings. The van der Waals surface area contributed by atoms with Crippen LogP contribution in [0.15, 0.2) is 41.3 Å². The summed E-state index contributed by atoms with van der Waals surface area (Å²) >= 11 is 0. The number of para-hydroxylation sites is 1. The van der Waals surface area contributed by atoms with E-state index in [1.54, 1.807) is 24.0 Å². The van der Waals surface area contributed by atoms with Crippen molar-refractivity contribution in [1.82, 2.24) is 39.3 Å². The van der Waals surface area contributed by atoms with Gasteiger partial charge < -0.3 is 15.4 Å². The average Bonchev–Trinajstić information content (AvgIpc) is 3.99. The molecule has 2 aliphatic rings. The number of imidazole rings is 1. The third-order valence-electron chi connectivity index (χ3n) is 11.3. The Hall–Kier alpha value is -5.65. The zero-order chi connectivity index (χ0) is 43.0. The first kappa shape index (κ1) is 43.9. The normalized spacial score (nSPS) is 18.1. The van der Waals surface area contributed by atoms with Crippen molar-refractivity contribution in [2.45, 2.75) is 161 Å². The van der Waals surface area contributed by atoms with E-state index in [4.69, 9.17) is 9.84 Å². The second-order valence-electron chi connectivity index (χ2n) is 17.5. The van der Waals surface area contributed by atoms with Crippen LogP contribution in [0.1, 0.15) is 158 Å². The third kappa shape index (κ3) is 10.7. The first-order valence-corrected chi connectivity index (χ1v) is 21.6. The molecule has 1 unspecified atom stereocenters. The van der Waals surface area contributed by atoms with Gasteiger partial charge in [0.25, 0.3) is 5.91 Å². The number of alkyl carbamates (subject to hydrolysis) is 1. The molecule has 3 aromatic heterocycles. The van der Waals surface area contributed by atoms with Gasteiger partial charge in [0.1, 0.15) is 23.7 Å². The second kappa shape index (κ2) is 19.6. The number of amides is 4. The van der Waals surface area contributed by atoms with Crippen molar-refractivity contribution in [3.63, 3.8) is 0 Å². The van der Waals surface area contributed by atoms with Crippen molar-refractivity contribution in [3.8, 4) is 11.8 Å². The summed E-state index contributed by atoms with van der Waals surface area (Å²) in [6, 6.07) is 8.57. The van der Waals surface area contributed by atoms with Crippen molar-refractivity contribution >= 4 is 40.7 Å². The zero-order valence-corrected chi connectivity index (χ0v) is 36.0. The molecule has 6 rings (SSSR count). The number of carbonyl (C=O) groups excluding carboxylic acids is 4. The number of rotatable bonds is 16. The van der Waals surface area contributed by atoms with E-state index < -0.39 is 11.9 Å². The highest BCUT2D eigenvalue weighted by molar-refractivity contribution is 6.02. The van der Waals surface area contributed by atoms with Crippen molar-refractivity contribution in [2.75, 3.05) is 5.32 Å². The van der Waals surface area contributed by atoms with Crippen molar-refractivity contribution in [1.29, 1.82) is 0 Å². The predicted octanol–water partition coefficient (Wildman–Crippen LogP) is 7.05. The molecule has 3 N–H and O–H groups in total. The van der Waals surface area contributed by atoms with Gasteiger partial charge in [-0.05, 0) is 91.3 Å². The minimum absolute atomic E-state index is 0.0149. The number of hydrogen-bond acceptors (Lipinski definition) is 8. The Kier molecular flexibility index (Phi) is 14.4. The van der Waals surface area contributed by atoms with Crippen LogP contribution < -0.4 is 21.6 Å². The molecule has 1 aliphatic heterocycles. The van der Waals surface area contributed by atoms with Gasteiger partial charge in [0.2, 0.25) is 11.8 Å². The molecular formula is C45H61N9O6. The average molecular weight is 824 g/mol. The summed E-state index contributed by atoms with van der Waals surface area (Å²) in [5.41, 5.74) is 2.83. The Morgan fingerprint density at radius 2 is 1.72 bits per heavy atom. The van der Waals surface area contributed by atoms with Crippen molar-refractivity contribution in [3.05, 3.63) is 64.0 Å². The van der Waals surface area contributed by atoms with Gasteiger partial charge in [-0.15, -0.1) is 0 Å². The number of hydrogen-bond donors (Lipinski definition) is 3. The lowest BCUT2D eigenvalue weighted by Gasteiger charge is -2.22. The topological polar surface area (TPSA) is 176 Å². The maximum absolute atomic E-state index is 13.6. The molecule has 4 heterocycles. The largest absolute Gasteiger partial charge is 0.446 e. The summed E-state index contributed by atoms with van der Waals surface area (Å²) in [7, 11) is 1.69. The molecule has 322 valence electrons. The minimum Gasteiger partial charge on any atom is -0.446 e. The van der Waals surface area contributed by atoms with E-state index in [1.165, 1.54) is 9.13 Å². The summed E-state index contributed by atoms with van der Waals surface area (Å²) in [6.07, 6.45) is 13.3. The van der Waals surface area contributed by atoms with Gasteiger partial charge in [-0.25, -0.2) is 14.3 Å². The molecule has 2 fully saturated rings. The fourth-order valence-corrected chi connectivity index (χ4v) is 8.28. The Morgan fingerprint density at radius 1 is 0.983 bits per heavy atom. The number of piperidine rings is 1. The number of imide groups is 1. The fraction of sp³-hybridized carbons (Fsp3) is 0.578. The number of aryl methyl sites for hydroxylation is 2. The van der Waals surface area contributed by atoms with E-state index in [1.807, 2.05) is 42.8 Å². The van der Waals surface area contributed by atoms with Crippen LogP contribution in [0, 0.1) is 11.8 Å². The summed E-state index contributed by atoms with van der Waals surface area (Å²) in [5.74, 6) is 6.31. The van der Waals surface area contributed by atoms with Crippen LogP contribution in [-0.2, 0) is 33.5 Å².